The summed E-state index contributed by atoms with van der Waals surface area (Å²) in [6, 6.07) is 20.9. The van der Waals surface area contributed by atoms with Crippen LogP contribution in [-0.2, 0) is 6.54 Å². The summed E-state index contributed by atoms with van der Waals surface area (Å²) in [5.74, 6) is 1.31. The lowest BCUT2D eigenvalue weighted by Crippen LogP contribution is -2.23. The van der Waals surface area contributed by atoms with E-state index in [1.807, 2.05) is 74.5 Å². The summed E-state index contributed by atoms with van der Waals surface area (Å²) < 4.78 is 11.1. The normalized spacial score (nSPS) is 11.0. The lowest BCUT2D eigenvalue weighted by molar-refractivity contribution is 0.0949. The first kappa shape index (κ1) is 18.7. The van der Waals surface area contributed by atoms with Crippen molar-refractivity contribution >= 4 is 16.8 Å². The first-order valence-corrected chi connectivity index (χ1v) is 9.57. The van der Waals surface area contributed by atoms with Crippen LogP contribution in [0.15, 0.2) is 77.4 Å². The first-order valence-electron chi connectivity index (χ1n) is 9.57. The summed E-state index contributed by atoms with van der Waals surface area (Å²) in [6.07, 6.45) is 1.67. The SMILES string of the molecule is CC(C)Oc1cccc(-c2cc(C(=O)NCc3ccco3)c3ccccc3n2)c1. The van der Waals surface area contributed by atoms with Crippen molar-refractivity contribution < 1.29 is 13.9 Å². The number of pyridine rings is 1. The van der Waals surface area contributed by atoms with Crippen LogP contribution < -0.4 is 10.1 Å². The van der Waals surface area contributed by atoms with Crippen molar-refractivity contribution in [3.05, 3.63) is 84.3 Å². The number of aromatic nitrogens is 1. The van der Waals surface area contributed by atoms with Crippen LogP contribution in [0.1, 0.15) is 30.0 Å². The van der Waals surface area contributed by atoms with E-state index >= 15 is 0 Å². The number of amides is 1. The van der Waals surface area contributed by atoms with Crippen LogP contribution in [0, 0.1) is 0 Å². The molecule has 2 heterocycles. The lowest BCUT2D eigenvalue weighted by Gasteiger charge is -2.12. The monoisotopic (exact) mass is 386 g/mol. The van der Waals surface area contributed by atoms with E-state index in [4.69, 9.17) is 14.1 Å². The molecule has 1 amide bonds. The Morgan fingerprint density at radius 1 is 1.07 bits per heavy atom. The molecule has 0 radical (unpaired) electrons. The largest absolute Gasteiger partial charge is 0.491 e. The Balaban J connectivity index is 1.72. The van der Waals surface area contributed by atoms with E-state index in [1.165, 1.54) is 0 Å². The Morgan fingerprint density at radius 3 is 2.72 bits per heavy atom. The van der Waals surface area contributed by atoms with E-state index in [9.17, 15) is 4.79 Å². The molecule has 5 heteroatoms. The van der Waals surface area contributed by atoms with Crippen molar-refractivity contribution in [2.45, 2.75) is 26.5 Å². The number of furan rings is 1. The molecule has 0 atom stereocenters. The number of benzene rings is 2. The number of ether oxygens (including phenoxy) is 1. The van der Waals surface area contributed by atoms with Crippen LogP contribution >= 0.6 is 0 Å². The number of para-hydroxylation sites is 1. The molecule has 4 aromatic rings. The predicted octanol–water partition coefficient (Wildman–Crippen LogP) is 5.21. The average molecular weight is 386 g/mol. The van der Waals surface area contributed by atoms with Crippen molar-refractivity contribution in [3.63, 3.8) is 0 Å². The number of hydrogen-bond donors (Lipinski definition) is 1. The zero-order valence-electron chi connectivity index (χ0n) is 16.4. The fourth-order valence-electron chi connectivity index (χ4n) is 3.19. The molecule has 2 aromatic carbocycles. The standard InChI is InChI=1S/C24H22N2O3/c1-16(2)29-18-8-5-7-17(13-18)23-14-21(20-10-3-4-11-22(20)26-23)24(27)25-15-19-9-6-12-28-19/h3-14,16H,15H2,1-2H3,(H,25,27). The second-order valence-electron chi connectivity index (χ2n) is 7.03. The summed E-state index contributed by atoms with van der Waals surface area (Å²) in [4.78, 5) is 17.7. The first-order chi connectivity index (χ1) is 14.1. The van der Waals surface area contributed by atoms with Gasteiger partial charge in [-0.15, -0.1) is 0 Å². The van der Waals surface area contributed by atoms with Gasteiger partial charge in [0.05, 0.1) is 35.7 Å². The Kier molecular flexibility index (Phi) is 5.29. The molecule has 29 heavy (non-hydrogen) atoms. The number of nitrogens with one attached hydrogen (secondary N) is 1. The van der Waals surface area contributed by atoms with Crippen LogP contribution in [-0.4, -0.2) is 17.0 Å². The lowest BCUT2D eigenvalue weighted by atomic mass is 10.0. The molecule has 0 fully saturated rings. The quantitative estimate of drug-likeness (QED) is 0.494. The molecule has 0 aliphatic carbocycles. The van der Waals surface area contributed by atoms with Crippen molar-refractivity contribution in [2.75, 3.05) is 0 Å². The molecule has 2 aromatic heterocycles. The van der Waals surface area contributed by atoms with E-state index in [-0.39, 0.29) is 12.0 Å². The second kappa shape index (κ2) is 8.19. The van der Waals surface area contributed by atoms with Gasteiger partial charge in [-0.2, -0.15) is 0 Å². The summed E-state index contributed by atoms with van der Waals surface area (Å²) >= 11 is 0. The minimum atomic E-state index is -0.171. The van der Waals surface area contributed by atoms with Gasteiger partial charge in [0, 0.05) is 10.9 Å². The number of fused-ring (bicyclic) bond motifs is 1. The van der Waals surface area contributed by atoms with Gasteiger partial charge in [0.1, 0.15) is 11.5 Å². The highest BCUT2D eigenvalue weighted by Gasteiger charge is 2.14. The highest BCUT2D eigenvalue weighted by atomic mass is 16.5. The third kappa shape index (κ3) is 4.29. The molecule has 0 spiro atoms. The summed E-state index contributed by atoms with van der Waals surface area (Å²) in [5.41, 5.74) is 2.96. The summed E-state index contributed by atoms with van der Waals surface area (Å²) in [5, 5.41) is 3.73. The van der Waals surface area contributed by atoms with Crippen LogP contribution in [0.2, 0.25) is 0 Å². The van der Waals surface area contributed by atoms with Crippen molar-refractivity contribution in [1.82, 2.24) is 10.3 Å². The molecule has 146 valence electrons. The Bertz CT molecular complexity index is 1130. The Labute approximate surface area is 169 Å². The average Bonchev–Trinajstić information content (AvgIpc) is 3.24. The third-order valence-corrected chi connectivity index (χ3v) is 4.47. The molecular formula is C24H22N2O3. The van der Waals surface area contributed by atoms with Crippen LogP contribution in [0.25, 0.3) is 22.2 Å². The fraction of sp³-hybridized carbons (Fsp3) is 0.167. The predicted molar refractivity (Wildman–Crippen MR) is 113 cm³/mol. The Morgan fingerprint density at radius 2 is 1.93 bits per heavy atom. The van der Waals surface area contributed by atoms with Crippen molar-refractivity contribution in [3.8, 4) is 17.0 Å². The number of rotatable bonds is 6. The van der Waals surface area contributed by atoms with E-state index < -0.39 is 0 Å². The molecule has 0 bridgehead atoms. The molecule has 0 saturated carbocycles. The highest BCUT2D eigenvalue weighted by molar-refractivity contribution is 6.07. The molecule has 0 saturated heterocycles. The van der Waals surface area contributed by atoms with Gasteiger partial charge in [-0.05, 0) is 50.2 Å². The van der Waals surface area contributed by atoms with Gasteiger partial charge >= 0.3 is 0 Å². The molecule has 4 rings (SSSR count). The summed E-state index contributed by atoms with van der Waals surface area (Å²) in [6.45, 7) is 4.31. The maximum atomic E-state index is 12.9. The maximum Gasteiger partial charge on any atom is 0.252 e. The van der Waals surface area contributed by atoms with E-state index in [0.717, 1.165) is 27.9 Å². The Hall–Kier alpha value is -3.60. The number of nitrogens with zero attached hydrogens (tertiary/aromatic N) is 1. The van der Waals surface area contributed by atoms with Crippen LogP contribution in [0.3, 0.4) is 0 Å². The number of hydrogen-bond acceptors (Lipinski definition) is 4. The van der Waals surface area contributed by atoms with E-state index in [1.54, 1.807) is 12.3 Å². The van der Waals surface area contributed by atoms with Crippen LogP contribution in [0.4, 0.5) is 0 Å². The van der Waals surface area contributed by atoms with Gasteiger partial charge in [0.25, 0.3) is 5.91 Å². The summed E-state index contributed by atoms with van der Waals surface area (Å²) in [7, 11) is 0. The molecule has 0 aliphatic heterocycles. The zero-order chi connectivity index (χ0) is 20.2. The zero-order valence-corrected chi connectivity index (χ0v) is 16.4. The highest BCUT2D eigenvalue weighted by Crippen LogP contribution is 2.27. The van der Waals surface area contributed by atoms with Crippen LogP contribution in [0.5, 0.6) is 5.75 Å². The van der Waals surface area contributed by atoms with Gasteiger partial charge in [-0.1, -0.05) is 30.3 Å². The van der Waals surface area contributed by atoms with Crippen molar-refractivity contribution in [1.29, 1.82) is 0 Å². The minimum absolute atomic E-state index is 0.0813. The second-order valence-corrected chi connectivity index (χ2v) is 7.03. The van der Waals surface area contributed by atoms with Gasteiger partial charge in [-0.25, -0.2) is 4.98 Å². The maximum absolute atomic E-state index is 12.9. The van der Waals surface area contributed by atoms with Crippen molar-refractivity contribution in [2.24, 2.45) is 0 Å². The molecular weight excluding hydrogens is 364 g/mol. The topological polar surface area (TPSA) is 64.4 Å². The van der Waals surface area contributed by atoms with Gasteiger partial charge in [0.15, 0.2) is 0 Å². The van der Waals surface area contributed by atoms with Gasteiger partial charge in [0.2, 0.25) is 0 Å². The van der Waals surface area contributed by atoms with E-state index in [0.29, 0.717) is 17.9 Å². The minimum Gasteiger partial charge on any atom is -0.491 e. The molecule has 0 unspecified atom stereocenters. The third-order valence-electron chi connectivity index (χ3n) is 4.47. The van der Waals surface area contributed by atoms with E-state index in [2.05, 4.69) is 5.32 Å². The fourth-order valence-corrected chi connectivity index (χ4v) is 3.19. The number of carbonyl (C=O) groups is 1. The molecule has 0 aliphatic rings. The van der Waals surface area contributed by atoms with Gasteiger partial charge in [-0.3, -0.25) is 4.79 Å². The number of carbonyl (C=O) groups excluding carboxylic acids is 1. The molecule has 5 nitrogen and oxygen atoms in total. The smallest absolute Gasteiger partial charge is 0.252 e. The van der Waals surface area contributed by atoms with Gasteiger partial charge < -0.3 is 14.5 Å². The molecule has 1 N–H and O–H groups in total.